The maximum Gasteiger partial charge on any atom is 0.336 e. The fraction of sp³-hybridized carbons (Fsp3) is 0.300. The quantitative estimate of drug-likeness (QED) is 0.792. The molecular formula is C20H19NO3S. The lowest BCUT2D eigenvalue weighted by atomic mass is 9.84. The van der Waals surface area contributed by atoms with Crippen molar-refractivity contribution in [1.82, 2.24) is 4.90 Å². The van der Waals surface area contributed by atoms with Gasteiger partial charge in [-0.05, 0) is 42.3 Å². The molecule has 1 aromatic carbocycles. The fourth-order valence-electron chi connectivity index (χ4n) is 3.65. The topological polar surface area (TPSA) is 46.6 Å². The number of carbonyl (C=O) groups excluding carboxylic acids is 2. The van der Waals surface area contributed by atoms with Gasteiger partial charge in [-0.3, -0.25) is 4.79 Å². The maximum absolute atomic E-state index is 13.2. The van der Waals surface area contributed by atoms with E-state index in [0.29, 0.717) is 25.1 Å². The number of esters is 1. The van der Waals surface area contributed by atoms with Crippen LogP contribution in [0.3, 0.4) is 0 Å². The van der Waals surface area contributed by atoms with Crippen LogP contribution in [0, 0.1) is 0 Å². The van der Waals surface area contributed by atoms with Gasteiger partial charge in [0.15, 0.2) is 0 Å². The van der Waals surface area contributed by atoms with E-state index in [1.54, 1.807) is 23.2 Å². The molecule has 25 heavy (non-hydrogen) atoms. The number of thiophene rings is 1. The number of ether oxygens (including phenoxy) is 1. The molecule has 0 saturated carbocycles. The summed E-state index contributed by atoms with van der Waals surface area (Å²) in [6, 6.07) is 11.8. The van der Waals surface area contributed by atoms with E-state index in [1.807, 2.05) is 35.7 Å². The Bertz CT molecular complexity index is 853. The van der Waals surface area contributed by atoms with Crippen molar-refractivity contribution in [2.24, 2.45) is 0 Å². The average molecular weight is 353 g/mol. The molecular weight excluding hydrogens is 334 g/mol. The molecule has 4 rings (SSSR count). The van der Waals surface area contributed by atoms with Gasteiger partial charge >= 0.3 is 5.97 Å². The van der Waals surface area contributed by atoms with Crippen molar-refractivity contribution in [3.63, 3.8) is 0 Å². The Labute approximate surface area is 150 Å². The standard InChI is InChI=1S/C20H19NO3S/c1-2-24-20(23)16-12-15(13-6-4-3-5-7-13)19(22)21-10-8-14-9-11-25-18(14)17(16)21/h3-7,9,11,15H,2,8,10,12H2,1H3. The van der Waals surface area contributed by atoms with Crippen LogP contribution in [0.4, 0.5) is 0 Å². The van der Waals surface area contributed by atoms with Gasteiger partial charge in [-0.2, -0.15) is 0 Å². The largest absolute Gasteiger partial charge is 0.463 e. The monoisotopic (exact) mass is 353 g/mol. The van der Waals surface area contributed by atoms with Crippen LogP contribution in [0.1, 0.15) is 35.3 Å². The molecule has 0 N–H and O–H groups in total. The average Bonchev–Trinajstić information content (AvgIpc) is 3.12. The summed E-state index contributed by atoms with van der Waals surface area (Å²) in [6.45, 7) is 2.75. The highest BCUT2D eigenvalue weighted by Crippen LogP contribution is 2.43. The summed E-state index contributed by atoms with van der Waals surface area (Å²) in [7, 11) is 0. The molecule has 2 aliphatic heterocycles. The van der Waals surface area contributed by atoms with Crippen LogP contribution < -0.4 is 0 Å². The number of amides is 1. The van der Waals surface area contributed by atoms with Crippen molar-refractivity contribution >= 4 is 28.9 Å². The molecule has 1 unspecified atom stereocenters. The predicted molar refractivity (Wildman–Crippen MR) is 97.1 cm³/mol. The molecule has 4 nitrogen and oxygen atoms in total. The predicted octanol–water partition coefficient (Wildman–Crippen LogP) is 3.59. The van der Waals surface area contributed by atoms with Crippen molar-refractivity contribution in [2.75, 3.05) is 13.2 Å². The molecule has 1 amide bonds. The zero-order valence-electron chi connectivity index (χ0n) is 14.0. The third kappa shape index (κ3) is 2.68. The van der Waals surface area contributed by atoms with E-state index in [2.05, 4.69) is 6.07 Å². The second-order valence-corrected chi connectivity index (χ2v) is 7.15. The van der Waals surface area contributed by atoms with E-state index >= 15 is 0 Å². The summed E-state index contributed by atoms with van der Waals surface area (Å²) < 4.78 is 5.31. The Balaban J connectivity index is 1.85. The summed E-state index contributed by atoms with van der Waals surface area (Å²) in [5.74, 6) is -0.559. The van der Waals surface area contributed by atoms with E-state index in [9.17, 15) is 9.59 Å². The number of nitrogens with zero attached hydrogens (tertiary/aromatic N) is 1. The van der Waals surface area contributed by atoms with Crippen molar-refractivity contribution in [3.05, 3.63) is 63.4 Å². The molecule has 0 spiro atoms. The minimum Gasteiger partial charge on any atom is -0.463 e. The number of fused-ring (bicyclic) bond motifs is 3. The first kappa shape index (κ1) is 16.1. The van der Waals surface area contributed by atoms with Gasteiger partial charge in [0.1, 0.15) is 0 Å². The second kappa shape index (κ2) is 6.48. The van der Waals surface area contributed by atoms with E-state index in [1.165, 1.54) is 5.56 Å². The van der Waals surface area contributed by atoms with Gasteiger partial charge < -0.3 is 9.64 Å². The highest BCUT2D eigenvalue weighted by atomic mass is 32.1. The third-order valence-corrected chi connectivity index (χ3v) is 5.78. The molecule has 0 aliphatic carbocycles. The summed E-state index contributed by atoms with van der Waals surface area (Å²) in [5, 5.41) is 2.03. The lowest BCUT2D eigenvalue weighted by Crippen LogP contribution is -2.42. The fourth-order valence-corrected chi connectivity index (χ4v) is 4.68. The Morgan fingerprint density at radius 2 is 2.08 bits per heavy atom. The molecule has 2 aromatic rings. The Kier molecular flexibility index (Phi) is 4.17. The van der Waals surface area contributed by atoms with E-state index in [4.69, 9.17) is 4.74 Å². The van der Waals surface area contributed by atoms with Crippen molar-refractivity contribution in [1.29, 1.82) is 0 Å². The first-order chi connectivity index (χ1) is 12.2. The minimum atomic E-state index is -0.328. The van der Waals surface area contributed by atoms with Gasteiger partial charge in [0.25, 0.3) is 0 Å². The molecule has 0 fully saturated rings. The van der Waals surface area contributed by atoms with Crippen LogP contribution in [0.5, 0.6) is 0 Å². The number of carbonyl (C=O) groups is 2. The number of hydrogen-bond acceptors (Lipinski definition) is 4. The van der Waals surface area contributed by atoms with Crippen LogP contribution in [-0.4, -0.2) is 29.9 Å². The lowest BCUT2D eigenvalue weighted by Gasteiger charge is -2.38. The third-order valence-electron chi connectivity index (χ3n) is 4.82. The van der Waals surface area contributed by atoms with Gasteiger partial charge in [0.05, 0.1) is 28.7 Å². The number of rotatable bonds is 3. The van der Waals surface area contributed by atoms with Crippen LogP contribution in [0.15, 0.2) is 47.4 Å². The van der Waals surface area contributed by atoms with Gasteiger partial charge in [-0.15, -0.1) is 11.3 Å². The van der Waals surface area contributed by atoms with Crippen molar-refractivity contribution in [2.45, 2.75) is 25.7 Å². The molecule has 0 bridgehead atoms. The molecule has 0 radical (unpaired) electrons. The van der Waals surface area contributed by atoms with Crippen LogP contribution in [0.2, 0.25) is 0 Å². The molecule has 2 aliphatic rings. The minimum absolute atomic E-state index is 0.0771. The van der Waals surface area contributed by atoms with Crippen LogP contribution in [0.25, 0.3) is 5.70 Å². The first-order valence-corrected chi connectivity index (χ1v) is 9.42. The molecule has 3 heterocycles. The summed E-state index contributed by atoms with van der Waals surface area (Å²) >= 11 is 1.59. The summed E-state index contributed by atoms with van der Waals surface area (Å²) in [5.41, 5.74) is 3.56. The molecule has 128 valence electrons. The van der Waals surface area contributed by atoms with Crippen molar-refractivity contribution < 1.29 is 14.3 Å². The van der Waals surface area contributed by atoms with Crippen LogP contribution >= 0.6 is 11.3 Å². The van der Waals surface area contributed by atoms with Gasteiger partial charge in [-0.1, -0.05) is 30.3 Å². The highest BCUT2D eigenvalue weighted by Gasteiger charge is 2.41. The first-order valence-electron chi connectivity index (χ1n) is 8.54. The molecule has 0 saturated heterocycles. The van der Waals surface area contributed by atoms with Crippen molar-refractivity contribution in [3.8, 4) is 0 Å². The number of benzene rings is 1. The zero-order chi connectivity index (χ0) is 17.4. The van der Waals surface area contributed by atoms with Gasteiger partial charge in [0.2, 0.25) is 5.91 Å². The van der Waals surface area contributed by atoms with E-state index in [-0.39, 0.29) is 17.8 Å². The number of hydrogen-bond donors (Lipinski definition) is 0. The maximum atomic E-state index is 13.2. The molecule has 5 heteroatoms. The van der Waals surface area contributed by atoms with Gasteiger partial charge in [-0.25, -0.2) is 4.79 Å². The Morgan fingerprint density at radius 3 is 2.84 bits per heavy atom. The second-order valence-electron chi connectivity index (χ2n) is 6.23. The summed E-state index contributed by atoms with van der Waals surface area (Å²) in [4.78, 5) is 28.7. The zero-order valence-corrected chi connectivity index (χ0v) is 14.8. The molecule has 1 aromatic heterocycles. The Morgan fingerprint density at radius 1 is 1.28 bits per heavy atom. The van der Waals surface area contributed by atoms with Gasteiger partial charge in [0, 0.05) is 6.54 Å². The SMILES string of the molecule is CCOC(=O)C1=C2c3sccc3CCN2C(=O)C(c2ccccc2)C1. The van der Waals surface area contributed by atoms with E-state index < -0.39 is 0 Å². The van der Waals surface area contributed by atoms with E-state index in [0.717, 1.165) is 22.6 Å². The van der Waals surface area contributed by atoms with Crippen LogP contribution in [-0.2, 0) is 20.7 Å². The highest BCUT2D eigenvalue weighted by molar-refractivity contribution is 7.11. The molecule has 1 atom stereocenters. The smallest absolute Gasteiger partial charge is 0.336 e. The normalized spacial score (nSPS) is 19.5. The summed E-state index contributed by atoms with van der Waals surface area (Å²) in [6.07, 6.45) is 1.22. The lowest BCUT2D eigenvalue weighted by molar-refractivity contribution is -0.139. The Hall–Kier alpha value is -2.40.